The first-order chi connectivity index (χ1) is 12.5. The van der Waals surface area contributed by atoms with Gasteiger partial charge in [0, 0.05) is 31.3 Å². The number of hydrogen-bond acceptors (Lipinski definition) is 4. The van der Waals surface area contributed by atoms with E-state index < -0.39 is 5.69 Å². The van der Waals surface area contributed by atoms with Gasteiger partial charge < -0.3 is 4.74 Å². The Bertz CT molecular complexity index is 1050. The summed E-state index contributed by atoms with van der Waals surface area (Å²) in [4.78, 5) is 36.0. The van der Waals surface area contributed by atoms with E-state index in [1.807, 2.05) is 18.2 Å². The second-order valence-corrected chi connectivity index (χ2v) is 5.88. The molecule has 6 nitrogen and oxygen atoms in total. The van der Waals surface area contributed by atoms with Gasteiger partial charge in [-0.3, -0.25) is 18.7 Å². The Morgan fingerprint density at radius 1 is 0.885 bits per heavy atom. The van der Waals surface area contributed by atoms with Gasteiger partial charge in [0.1, 0.15) is 12.4 Å². The van der Waals surface area contributed by atoms with E-state index in [0.717, 1.165) is 4.57 Å². The van der Waals surface area contributed by atoms with E-state index in [2.05, 4.69) is 0 Å². The third-order valence-corrected chi connectivity index (χ3v) is 4.16. The largest absolute Gasteiger partial charge is 0.487 e. The molecule has 2 aromatic carbocycles. The SMILES string of the molecule is Cn1c(COc2ccc(C(=O)c3ccccc3)cc2)cc(=O)n(C)c1=O. The number of aromatic nitrogens is 2. The van der Waals surface area contributed by atoms with E-state index in [0.29, 0.717) is 22.6 Å². The number of carbonyl (C=O) groups excluding carboxylic acids is 1. The van der Waals surface area contributed by atoms with E-state index in [9.17, 15) is 14.4 Å². The number of ether oxygens (including phenoxy) is 1. The van der Waals surface area contributed by atoms with Crippen LogP contribution in [0.15, 0.2) is 70.3 Å². The molecule has 26 heavy (non-hydrogen) atoms. The zero-order chi connectivity index (χ0) is 18.7. The number of hydrogen-bond donors (Lipinski definition) is 0. The van der Waals surface area contributed by atoms with Crippen LogP contribution in [0.25, 0.3) is 0 Å². The van der Waals surface area contributed by atoms with E-state index in [-0.39, 0.29) is 17.9 Å². The standard InChI is InChI=1S/C20H18N2O4/c1-21-16(12-18(23)22(2)20(21)25)13-26-17-10-8-15(9-11-17)19(24)14-6-4-3-5-7-14/h3-12H,13H2,1-2H3. The van der Waals surface area contributed by atoms with Crippen molar-refractivity contribution in [1.29, 1.82) is 0 Å². The molecule has 1 heterocycles. The molecule has 0 aliphatic carbocycles. The van der Waals surface area contributed by atoms with Crippen molar-refractivity contribution in [3.05, 3.63) is 98.3 Å². The molecule has 0 saturated heterocycles. The van der Waals surface area contributed by atoms with Crippen LogP contribution in [0, 0.1) is 0 Å². The van der Waals surface area contributed by atoms with Crippen LogP contribution in [0.5, 0.6) is 5.75 Å². The predicted octanol–water partition coefficient (Wildman–Crippen LogP) is 1.89. The van der Waals surface area contributed by atoms with Crippen LogP contribution in [-0.2, 0) is 20.7 Å². The van der Waals surface area contributed by atoms with Crippen molar-refractivity contribution < 1.29 is 9.53 Å². The third kappa shape index (κ3) is 3.49. The maximum Gasteiger partial charge on any atom is 0.330 e. The molecule has 0 aliphatic rings. The van der Waals surface area contributed by atoms with Gasteiger partial charge in [-0.1, -0.05) is 30.3 Å². The summed E-state index contributed by atoms with van der Waals surface area (Å²) in [6.07, 6.45) is 0. The van der Waals surface area contributed by atoms with Crippen molar-refractivity contribution in [2.24, 2.45) is 14.1 Å². The minimum atomic E-state index is -0.403. The first kappa shape index (κ1) is 17.4. The molecule has 6 heteroatoms. The summed E-state index contributed by atoms with van der Waals surface area (Å²) in [5, 5.41) is 0. The summed E-state index contributed by atoms with van der Waals surface area (Å²) in [5.41, 5.74) is 0.874. The first-order valence-electron chi connectivity index (χ1n) is 8.06. The van der Waals surface area contributed by atoms with Crippen molar-refractivity contribution in [1.82, 2.24) is 9.13 Å². The molecule has 0 atom stereocenters. The average Bonchev–Trinajstić information content (AvgIpc) is 2.68. The summed E-state index contributed by atoms with van der Waals surface area (Å²) in [7, 11) is 3.01. The molecule has 132 valence electrons. The lowest BCUT2D eigenvalue weighted by Crippen LogP contribution is -2.38. The fourth-order valence-corrected chi connectivity index (χ4v) is 2.53. The van der Waals surface area contributed by atoms with Gasteiger partial charge in [-0.25, -0.2) is 4.79 Å². The second-order valence-electron chi connectivity index (χ2n) is 5.88. The number of nitrogens with zero attached hydrogens (tertiary/aromatic N) is 2. The molecule has 0 radical (unpaired) electrons. The monoisotopic (exact) mass is 350 g/mol. The molecule has 0 amide bonds. The summed E-state index contributed by atoms with van der Waals surface area (Å²) in [6.45, 7) is 0.0772. The van der Waals surface area contributed by atoms with Crippen LogP contribution in [0.2, 0.25) is 0 Å². The van der Waals surface area contributed by atoms with Crippen molar-refractivity contribution in [3.8, 4) is 5.75 Å². The topological polar surface area (TPSA) is 70.3 Å². The fraction of sp³-hybridized carbons (Fsp3) is 0.150. The highest BCUT2D eigenvalue weighted by atomic mass is 16.5. The maximum absolute atomic E-state index is 12.4. The minimum Gasteiger partial charge on any atom is -0.487 e. The van der Waals surface area contributed by atoms with Crippen molar-refractivity contribution in [3.63, 3.8) is 0 Å². The molecule has 0 aliphatic heterocycles. The summed E-state index contributed by atoms with van der Waals surface area (Å²) < 4.78 is 8.05. The lowest BCUT2D eigenvalue weighted by atomic mass is 10.0. The van der Waals surface area contributed by atoms with Gasteiger partial charge >= 0.3 is 5.69 Å². The lowest BCUT2D eigenvalue weighted by molar-refractivity contribution is 0.103. The summed E-state index contributed by atoms with van der Waals surface area (Å²) >= 11 is 0. The zero-order valence-corrected chi connectivity index (χ0v) is 14.5. The van der Waals surface area contributed by atoms with E-state index in [1.165, 1.54) is 17.7 Å². The van der Waals surface area contributed by atoms with Gasteiger partial charge in [0.25, 0.3) is 5.56 Å². The molecule has 0 bridgehead atoms. The number of carbonyl (C=O) groups is 1. The number of ketones is 1. The lowest BCUT2D eigenvalue weighted by Gasteiger charge is -2.11. The highest BCUT2D eigenvalue weighted by Gasteiger charge is 2.09. The molecular weight excluding hydrogens is 332 g/mol. The number of rotatable bonds is 5. The van der Waals surface area contributed by atoms with Crippen molar-refractivity contribution in [2.75, 3.05) is 0 Å². The molecule has 3 rings (SSSR count). The zero-order valence-electron chi connectivity index (χ0n) is 14.5. The van der Waals surface area contributed by atoms with Crippen LogP contribution in [0.3, 0.4) is 0 Å². The molecule has 0 spiro atoms. The Morgan fingerprint density at radius 2 is 1.50 bits per heavy atom. The molecule has 0 fully saturated rings. The molecule has 0 unspecified atom stereocenters. The molecular formula is C20H18N2O4. The highest BCUT2D eigenvalue weighted by molar-refractivity contribution is 6.08. The minimum absolute atomic E-state index is 0.0638. The van der Waals surface area contributed by atoms with Crippen molar-refractivity contribution in [2.45, 2.75) is 6.61 Å². The maximum atomic E-state index is 12.4. The second kappa shape index (κ2) is 7.23. The van der Waals surface area contributed by atoms with Gasteiger partial charge in [-0.2, -0.15) is 0 Å². The van der Waals surface area contributed by atoms with Crippen LogP contribution >= 0.6 is 0 Å². The van der Waals surface area contributed by atoms with Crippen LogP contribution in [0.4, 0.5) is 0 Å². The van der Waals surface area contributed by atoms with Crippen LogP contribution < -0.4 is 16.0 Å². The van der Waals surface area contributed by atoms with Crippen molar-refractivity contribution >= 4 is 5.78 Å². The Kier molecular flexibility index (Phi) is 4.84. The molecule has 0 saturated carbocycles. The molecule has 1 aromatic heterocycles. The molecule has 0 N–H and O–H groups in total. The van der Waals surface area contributed by atoms with E-state index >= 15 is 0 Å². The Balaban J connectivity index is 1.74. The Hall–Kier alpha value is -3.41. The Labute approximate surface area is 149 Å². The summed E-state index contributed by atoms with van der Waals surface area (Å²) in [5.74, 6) is 0.480. The van der Waals surface area contributed by atoms with Gasteiger partial charge in [-0.05, 0) is 24.3 Å². The fourth-order valence-electron chi connectivity index (χ4n) is 2.53. The predicted molar refractivity (Wildman–Crippen MR) is 97.6 cm³/mol. The molecule has 3 aromatic rings. The average molecular weight is 350 g/mol. The smallest absolute Gasteiger partial charge is 0.330 e. The normalized spacial score (nSPS) is 10.5. The quantitative estimate of drug-likeness (QED) is 0.659. The number of benzene rings is 2. The van der Waals surface area contributed by atoms with E-state index in [1.54, 1.807) is 43.4 Å². The Morgan fingerprint density at radius 3 is 2.15 bits per heavy atom. The van der Waals surface area contributed by atoms with Gasteiger partial charge in [-0.15, -0.1) is 0 Å². The van der Waals surface area contributed by atoms with Gasteiger partial charge in [0.2, 0.25) is 0 Å². The van der Waals surface area contributed by atoms with Gasteiger partial charge in [0.05, 0.1) is 5.69 Å². The van der Waals surface area contributed by atoms with Crippen LogP contribution in [-0.4, -0.2) is 14.9 Å². The first-order valence-corrected chi connectivity index (χ1v) is 8.06. The van der Waals surface area contributed by atoms with E-state index in [4.69, 9.17) is 4.74 Å². The van der Waals surface area contributed by atoms with Gasteiger partial charge in [0.15, 0.2) is 5.78 Å². The third-order valence-electron chi connectivity index (χ3n) is 4.16. The highest BCUT2D eigenvalue weighted by Crippen LogP contribution is 2.16. The summed E-state index contributed by atoms with van der Waals surface area (Å²) in [6, 6.07) is 17.2. The van der Waals surface area contributed by atoms with Crippen LogP contribution in [0.1, 0.15) is 21.6 Å².